The quantitative estimate of drug-likeness (QED) is 0.543. The van der Waals surface area contributed by atoms with E-state index in [-0.39, 0.29) is 0 Å². The van der Waals surface area contributed by atoms with Crippen LogP contribution in [0.25, 0.3) is 11.4 Å². The topological polar surface area (TPSA) is 35.0 Å². The molecule has 1 aliphatic rings. The summed E-state index contributed by atoms with van der Waals surface area (Å²) in [6, 6.07) is 6.30. The number of nitrogens with zero attached hydrogens (tertiary/aromatic N) is 2. The number of hydrogen-bond acceptors (Lipinski definition) is 3. The Hall–Kier alpha value is -1.90. The highest BCUT2D eigenvalue weighted by molar-refractivity contribution is 5.58. The smallest absolute Gasteiger partial charge is 0.159 e. The van der Waals surface area contributed by atoms with Gasteiger partial charge >= 0.3 is 0 Å². The number of hydrogen-bond donors (Lipinski definition) is 0. The van der Waals surface area contributed by atoms with Crippen LogP contribution in [0.3, 0.4) is 0 Å². The van der Waals surface area contributed by atoms with Gasteiger partial charge in [-0.2, -0.15) is 0 Å². The van der Waals surface area contributed by atoms with Crippen LogP contribution in [0.5, 0.6) is 5.75 Å². The van der Waals surface area contributed by atoms with Gasteiger partial charge < -0.3 is 4.74 Å². The third-order valence-electron chi connectivity index (χ3n) is 5.81. The highest BCUT2D eigenvalue weighted by atomic mass is 16.5. The van der Waals surface area contributed by atoms with Gasteiger partial charge in [-0.05, 0) is 67.3 Å². The summed E-state index contributed by atoms with van der Waals surface area (Å²) in [6.45, 7) is 7.43. The molecule has 0 bridgehead atoms. The van der Waals surface area contributed by atoms with E-state index >= 15 is 0 Å². The number of rotatable bonds is 8. The minimum atomic E-state index is 0.714. The third-order valence-corrected chi connectivity index (χ3v) is 5.81. The molecule has 3 rings (SSSR count). The SMILES string of the molecule is CCCc1cnc(-c2ccc(OCC3CCC(CCC)CC3)c(C)c2)nc1. The Kier molecular flexibility index (Phi) is 7.25. The molecule has 0 amide bonds. The van der Waals surface area contributed by atoms with Crippen LogP contribution >= 0.6 is 0 Å². The van der Waals surface area contributed by atoms with E-state index in [0.717, 1.165) is 48.1 Å². The van der Waals surface area contributed by atoms with Crippen LogP contribution in [-0.4, -0.2) is 16.6 Å². The molecule has 146 valence electrons. The summed E-state index contributed by atoms with van der Waals surface area (Å²) >= 11 is 0. The molecule has 1 saturated carbocycles. The van der Waals surface area contributed by atoms with Crippen LogP contribution in [0.4, 0.5) is 0 Å². The van der Waals surface area contributed by atoms with Crippen LogP contribution in [0.15, 0.2) is 30.6 Å². The summed E-state index contributed by atoms with van der Waals surface area (Å²) in [4.78, 5) is 9.06. The number of ether oxygens (including phenoxy) is 1. The van der Waals surface area contributed by atoms with Crippen molar-refractivity contribution in [1.82, 2.24) is 9.97 Å². The molecule has 3 nitrogen and oxygen atoms in total. The monoisotopic (exact) mass is 366 g/mol. The summed E-state index contributed by atoms with van der Waals surface area (Å²) in [6.07, 6.45) is 14.2. The summed E-state index contributed by atoms with van der Waals surface area (Å²) in [5.41, 5.74) is 3.42. The van der Waals surface area contributed by atoms with Gasteiger partial charge in [-0.1, -0.05) is 46.0 Å². The lowest BCUT2D eigenvalue weighted by Gasteiger charge is -2.28. The van der Waals surface area contributed by atoms with Gasteiger partial charge in [0.1, 0.15) is 5.75 Å². The van der Waals surface area contributed by atoms with Crippen molar-refractivity contribution in [3.05, 3.63) is 41.7 Å². The fourth-order valence-corrected chi connectivity index (χ4v) is 4.17. The summed E-state index contributed by atoms with van der Waals surface area (Å²) < 4.78 is 6.17. The van der Waals surface area contributed by atoms with Gasteiger partial charge in [-0.15, -0.1) is 0 Å². The molecule has 1 aliphatic carbocycles. The summed E-state index contributed by atoms with van der Waals surface area (Å²) in [5, 5.41) is 0. The molecule has 1 aromatic heterocycles. The largest absolute Gasteiger partial charge is 0.493 e. The number of aromatic nitrogens is 2. The Morgan fingerprint density at radius 3 is 2.30 bits per heavy atom. The highest BCUT2D eigenvalue weighted by Crippen LogP contribution is 2.32. The fourth-order valence-electron chi connectivity index (χ4n) is 4.17. The lowest BCUT2D eigenvalue weighted by Crippen LogP contribution is -2.20. The first kappa shape index (κ1) is 19.9. The van der Waals surface area contributed by atoms with E-state index in [1.54, 1.807) is 0 Å². The van der Waals surface area contributed by atoms with Gasteiger partial charge in [-0.25, -0.2) is 9.97 Å². The number of aryl methyl sites for hydroxylation is 2. The van der Waals surface area contributed by atoms with E-state index in [2.05, 4.69) is 48.9 Å². The predicted molar refractivity (Wildman–Crippen MR) is 112 cm³/mol. The van der Waals surface area contributed by atoms with Crippen molar-refractivity contribution in [2.75, 3.05) is 6.61 Å². The molecule has 1 fully saturated rings. The van der Waals surface area contributed by atoms with Crippen LogP contribution in [0.1, 0.15) is 69.9 Å². The molecule has 3 heteroatoms. The zero-order chi connectivity index (χ0) is 19.1. The Balaban J connectivity index is 1.55. The van der Waals surface area contributed by atoms with Crippen LogP contribution in [0, 0.1) is 18.8 Å². The molecule has 0 aliphatic heterocycles. The maximum atomic E-state index is 6.17. The average molecular weight is 367 g/mol. The van der Waals surface area contributed by atoms with Gasteiger partial charge in [0.15, 0.2) is 5.82 Å². The van der Waals surface area contributed by atoms with Gasteiger partial charge in [-0.3, -0.25) is 0 Å². The Labute approximate surface area is 164 Å². The lowest BCUT2D eigenvalue weighted by molar-refractivity contribution is 0.178. The lowest BCUT2D eigenvalue weighted by atomic mass is 9.80. The second kappa shape index (κ2) is 9.87. The molecule has 2 aromatic rings. The number of benzene rings is 1. The average Bonchev–Trinajstić information content (AvgIpc) is 2.69. The molecule has 0 atom stereocenters. The van der Waals surface area contributed by atoms with Crippen LogP contribution in [-0.2, 0) is 6.42 Å². The van der Waals surface area contributed by atoms with Gasteiger partial charge in [0.2, 0.25) is 0 Å². The van der Waals surface area contributed by atoms with Gasteiger partial charge in [0, 0.05) is 18.0 Å². The van der Waals surface area contributed by atoms with Gasteiger partial charge in [0.05, 0.1) is 6.61 Å². The summed E-state index contributed by atoms with van der Waals surface area (Å²) in [7, 11) is 0. The van der Waals surface area contributed by atoms with Crippen molar-refractivity contribution in [2.45, 2.75) is 72.1 Å². The van der Waals surface area contributed by atoms with E-state index < -0.39 is 0 Å². The molecule has 0 spiro atoms. The van der Waals surface area contributed by atoms with E-state index in [0.29, 0.717) is 5.92 Å². The zero-order valence-corrected chi connectivity index (χ0v) is 17.2. The molecule has 1 aromatic carbocycles. The minimum Gasteiger partial charge on any atom is -0.493 e. The minimum absolute atomic E-state index is 0.714. The highest BCUT2D eigenvalue weighted by Gasteiger charge is 2.21. The Bertz CT molecular complexity index is 703. The maximum Gasteiger partial charge on any atom is 0.159 e. The Morgan fingerprint density at radius 2 is 1.67 bits per heavy atom. The zero-order valence-electron chi connectivity index (χ0n) is 17.2. The third kappa shape index (κ3) is 5.54. The predicted octanol–water partition coefficient (Wildman–Crippen LogP) is 6.39. The first-order chi connectivity index (χ1) is 13.2. The van der Waals surface area contributed by atoms with Crippen molar-refractivity contribution in [1.29, 1.82) is 0 Å². The van der Waals surface area contributed by atoms with E-state index in [1.165, 1.54) is 44.1 Å². The molecule has 1 heterocycles. The van der Waals surface area contributed by atoms with Gasteiger partial charge in [0.25, 0.3) is 0 Å². The standard InChI is InChI=1S/C24H34N2O/c1-4-6-19-8-10-20(11-9-19)17-27-23-13-12-22(14-18(23)3)24-25-15-21(7-5-2)16-26-24/h12-16,19-20H,4-11,17H2,1-3H3. The molecule has 0 radical (unpaired) electrons. The van der Waals surface area contributed by atoms with Crippen molar-refractivity contribution < 1.29 is 4.74 Å². The van der Waals surface area contributed by atoms with Crippen LogP contribution < -0.4 is 4.74 Å². The molecule has 0 unspecified atom stereocenters. The first-order valence-electron chi connectivity index (χ1n) is 10.7. The van der Waals surface area contributed by atoms with E-state index in [1.807, 2.05) is 12.4 Å². The second-order valence-corrected chi connectivity index (χ2v) is 8.13. The summed E-state index contributed by atoms with van der Waals surface area (Å²) in [5.74, 6) is 3.46. The van der Waals surface area contributed by atoms with Crippen molar-refractivity contribution in [2.24, 2.45) is 11.8 Å². The van der Waals surface area contributed by atoms with Crippen molar-refractivity contribution >= 4 is 0 Å². The van der Waals surface area contributed by atoms with E-state index in [4.69, 9.17) is 4.74 Å². The van der Waals surface area contributed by atoms with Crippen molar-refractivity contribution in [3.8, 4) is 17.1 Å². The first-order valence-corrected chi connectivity index (χ1v) is 10.7. The van der Waals surface area contributed by atoms with Crippen molar-refractivity contribution in [3.63, 3.8) is 0 Å². The fraction of sp³-hybridized carbons (Fsp3) is 0.583. The molecule has 0 N–H and O–H groups in total. The molecule has 0 saturated heterocycles. The Morgan fingerprint density at radius 1 is 0.963 bits per heavy atom. The second-order valence-electron chi connectivity index (χ2n) is 8.13. The molecular formula is C24H34N2O. The maximum absolute atomic E-state index is 6.17. The van der Waals surface area contributed by atoms with E-state index in [9.17, 15) is 0 Å². The normalized spacial score (nSPS) is 19.8. The molecular weight excluding hydrogens is 332 g/mol. The molecule has 27 heavy (non-hydrogen) atoms. The van der Waals surface area contributed by atoms with Crippen LogP contribution in [0.2, 0.25) is 0 Å².